The summed E-state index contributed by atoms with van der Waals surface area (Å²) in [5, 5.41) is 32.1. The summed E-state index contributed by atoms with van der Waals surface area (Å²) < 4.78 is 1.63. The van der Waals surface area contributed by atoms with Crippen molar-refractivity contribution in [1.82, 2.24) is 19.9 Å². The highest BCUT2D eigenvalue weighted by molar-refractivity contribution is 5.79. The van der Waals surface area contributed by atoms with Gasteiger partial charge in [-0.05, 0) is 0 Å². The monoisotopic (exact) mass is 280 g/mol. The first kappa shape index (κ1) is 13.3. The van der Waals surface area contributed by atoms with Crippen LogP contribution in [0.15, 0.2) is 17.3 Å². The summed E-state index contributed by atoms with van der Waals surface area (Å²) in [4.78, 5) is 18.5. The smallest absolute Gasteiger partial charge is 0.275 e. The summed E-state index contributed by atoms with van der Waals surface area (Å²) in [6.45, 7) is -0.284. The Bertz CT molecular complexity index is 694. The highest BCUT2D eigenvalue weighted by atomic mass is 16.3. The second-order valence-electron chi connectivity index (χ2n) is 5.04. The van der Waals surface area contributed by atoms with Crippen molar-refractivity contribution >= 4 is 11.0 Å². The number of aromatic amines is 1. The molecule has 0 bridgehead atoms. The maximum Gasteiger partial charge on any atom is 0.275 e. The Hall–Kier alpha value is -1.74. The third kappa shape index (κ3) is 1.77. The van der Waals surface area contributed by atoms with Crippen molar-refractivity contribution in [2.75, 3.05) is 6.61 Å². The number of aromatic nitrogens is 3. The fourth-order valence-corrected chi connectivity index (χ4v) is 2.79. The number of hydrogen-bond donors (Lipinski definition) is 5. The molecule has 0 unspecified atom stereocenters. The maximum atomic E-state index is 11.8. The summed E-state index contributed by atoms with van der Waals surface area (Å²) in [5.74, 6) is 0. The van der Waals surface area contributed by atoms with E-state index in [0.29, 0.717) is 16.6 Å². The third-order valence-electron chi connectivity index (χ3n) is 3.82. The van der Waals surface area contributed by atoms with Crippen LogP contribution < -0.4 is 10.9 Å². The molecule has 20 heavy (non-hydrogen) atoms. The zero-order valence-corrected chi connectivity index (χ0v) is 10.8. The number of nitrogens with one attached hydrogen (secondary N) is 2. The first-order valence-electron chi connectivity index (χ1n) is 6.30. The van der Waals surface area contributed by atoms with Gasteiger partial charge in [0.25, 0.3) is 5.56 Å². The lowest BCUT2D eigenvalue weighted by molar-refractivity contribution is 0.0195. The van der Waals surface area contributed by atoms with Gasteiger partial charge in [0.05, 0.1) is 31.1 Å². The fraction of sp³-hybridized carbons (Fsp3) is 0.500. The second kappa shape index (κ2) is 4.67. The largest absolute Gasteiger partial charge is 0.395 e. The Morgan fingerprint density at radius 3 is 2.80 bits per heavy atom. The molecule has 1 fully saturated rings. The summed E-state index contributed by atoms with van der Waals surface area (Å²) in [6.07, 6.45) is 0.858. The standard InChI is InChI=1S/C12H16N4O4/c1-16-2-5(7-9(16)12(20)14-4-13-7)8-11(19)10(18)6(3-17)15-8/h2,4,6,8,10-11,15,17-19H,3H2,1H3,(H,13,14,20)/t6-,8+,10-,11+/m1/s1. The molecular weight excluding hydrogens is 264 g/mol. The van der Waals surface area contributed by atoms with Crippen LogP contribution in [0.2, 0.25) is 0 Å². The van der Waals surface area contributed by atoms with Crippen LogP contribution in [0.25, 0.3) is 11.0 Å². The molecule has 8 nitrogen and oxygen atoms in total. The Morgan fingerprint density at radius 1 is 1.40 bits per heavy atom. The van der Waals surface area contributed by atoms with Crippen molar-refractivity contribution < 1.29 is 15.3 Å². The van der Waals surface area contributed by atoms with E-state index in [0.717, 1.165) is 0 Å². The number of hydrogen-bond acceptors (Lipinski definition) is 6. The molecule has 0 radical (unpaired) electrons. The normalized spacial score (nSPS) is 30.2. The van der Waals surface area contributed by atoms with Gasteiger partial charge in [0.1, 0.15) is 17.1 Å². The molecule has 8 heteroatoms. The molecule has 3 rings (SSSR count). The van der Waals surface area contributed by atoms with Gasteiger partial charge in [0, 0.05) is 18.8 Å². The van der Waals surface area contributed by atoms with Crippen LogP contribution in [0.1, 0.15) is 11.6 Å². The van der Waals surface area contributed by atoms with E-state index in [1.54, 1.807) is 17.8 Å². The van der Waals surface area contributed by atoms with Crippen molar-refractivity contribution in [1.29, 1.82) is 0 Å². The fourth-order valence-electron chi connectivity index (χ4n) is 2.79. The molecular formula is C12H16N4O4. The van der Waals surface area contributed by atoms with Gasteiger partial charge < -0.3 is 30.2 Å². The molecule has 1 aliphatic rings. The van der Waals surface area contributed by atoms with E-state index in [-0.39, 0.29) is 12.2 Å². The predicted molar refractivity (Wildman–Crippen MR) is 70.1 cm³/mol. The van der Waals surface area contributed by atoms with Gasteiger partial charge in [0.15, 0.2) is 0 Å². The molecule has 0 saturated carbocycles. The minimum absolute atomic E-state index is 0.268. The van der Waals surface area contributed by atoms with Gasteiger partial charge in [-0.25, -0.2) is 4.98 Å². The molecule has 2 aromatic heterocycles. The van der Waals surface area contributed by atoms with Gasteiger partial charge in [-0.1, -0.05) is 0 Å². The summed E-state index contributed by atoms with van der Waals surface area (Å²) in [5.41, 5.74) is 1.23. The molecule has 4 atom stereocenters. The lowest BCUT2D eigenvalue weighted by atomic mass is 10.0. The minimum Gasteiger partial charge on any atom is -0.395 e. The molecule has 1 saturated heterocycles. The molecule has 0 aromatic carbocycles. The van der Waals surface area contributed by atoms with Crippen molar-refractivity contribution in [2.24, 2.45) is 7.05 Å². The van der Waals surface area contributed by atoms with Crippen molar-refractivity contribution in [3.63, 3.8) is 0 Å². The van der Waals surface area contributed by atoms with Crippen LogP contribution in [0.4, 0.5) is 0 Å². The Balaban J connectivity index is 2.12. The Labute approximate surface area is 113 Å². The van der Waals surface area contributed by atoms with Crippen LogP contribution in [-0.4, -0.2) is 54.7 Å². The Morgan fingerprint density at radius 2 is 2.15 bits per heavy atom. The highest BCUT2D eigenvalue weighted by Gasteiger charge is 2.42. The van der Waals surface area contributed by atoms with Crippen LogP contribution in [0.5, 0.6) is 0 Å². The summed E-state index contributed by atoms with van der Waals surface area (Å²) >= 11 is 0. The summed E-state index contributed by atoms with van der Waals surface area (Å²) in [7, 11) is 1.71. The molecule has 1 aliphatic heterocycles. The molecule has 0 amide bonds. The van der Waals surface area contributed by atoms with E-state index in [1.807, 2.05) is 0 Å². The van der Waals surface area contributed by atoms with Crippen LogP contribution in [0.3, 0.4) is 0 Å². The maximum absolute atomic E-state index is 11.8. The first-order chi connectivity index (χ1) is 9.54. The average Bonchev–Trinajstić information content (AvgIpc) is 2.90. The number of rotatable bonds is 2. The number of aliphatic hydroxyl groups excluding tert-OH is 3. The average molecular weight is 280 g/mol. The second-order valence-corrected chi connectivity index (χ2v) is 5.04. The quantitative estimate of drug-likeness (QED) is 0.433. The van der Waals surface area contributed by atoms with Gasteiger partial charge in [-0.2, -0.15) is 0 Å². The molecule has 108 valence electrons. The van der Waals surface area contributed by atoms with E-state index in [1.165, 1.54) is 6.33 Å². The number of aliphatic hydroxyl groups is 3. The van der Waals surface area contributed by atoms with E-state index < -0.39 is 24.3 Å². The number of fused-ring (bicyclic) bond motifs is 1. The zero-order chi connectivity index (χ0) is 14.4. The van der Waals surface area contributed by atoms with E-state index in [9.17, 15) is 20.1 Å². The van der Waals surface area contributed by atoms with Crippen molar-refractivity contribution in [3.05, 3.63) is 28.4 Å². The minimum atomic E-state index is -1.07. The summed E-state index contributed by atoms with van der Waals surface area (Å²) in [6, 6.07) is -1.19. The van der Waals surface area contributed by atoms with Crippen LogP contribution >= 0.6 is 0 Å². The van der Waals surface area contributed by atoms with E-state index >= 15 is 0 Å². The molecule has 5 N–H and O–H groups in total. The Kier molecular flexibility index (Phi) is 3.09. The predicted octanol–water partition coefficient (Wildman–Crippen LogP) is -2.01. The van der Waals surface area contributed by atoms with E-state index in [4.69, 9.17) is 0 Å². The van der Waals surface area contributed by atoms with Crippen LogP contribution in [0, 0.1) is 0 Å². The first-order valence-corrected chi connectivity index (χ1v) is 6.30. The molecule has 0 aliphatic carbocycles. The van der Waals surface area contributed by atoms with Gasteiger partial charge in [-0.3, -0.25) is 4.79 Å². The zero-order valence-electron chi connectivity index (χ0n) is 10.8. The van der Waals surface area contributed by atoms with Crippen molar-refractivity contribution in [3.8, 4) is 0 Å². The van der Waals surface area contributed by atoms with Crippen molar-refractivity contribution in [2.45, 2.75) is 24.3 Å². The number of H-pyrrole nitrogens is 1. The molecule has 2 aromatic rings. The molecule has 3 heterocycles. The van der Waals surface area contributed by atoms with E-state index in [2.05, 4.69) is 15.3 Å². The molecule has 0 spiro atoms. The van der Waals surface area contributed by atoms with Crippen LogP contribution in [-0.2, 0) is 7.05 Å². The van der Waals surface area contributed by atoms with Gasteiger partial charge in [-0.15, -0.1) is 0 Å². The lowest BCUT2D eigenvalue weighted by Gasteiger charge is -2.14. The van der Waals surface area contributed by atoms with Gasteiger partial charge in [0.2, 0.25) is 0 Å². The SMILES string of the molecule is Cn1cc([C@@H]2N[C@H](CO)[C@@H](O)[C@H]2O)c2nc[nH]c(=O)c21. The third-order valence-corrected chi connectivity index (χ3v) is 3.82. The number of nitrogens with zero attached hydrogens (tertiary/aromatic N) is 2. The van der Waals surface area contributed by atoms with Gasteiger partial charge >= 0.3 is 0 Å². The lowest BCUT2D eigenvalue weighted by Crippen LogP contribution is -2.35. The number of aryl methyl sites for hydroxylation is 1. The topological polar surface area (TPSA) is 123 Å². The highest BCUT2D eigenvalue weighted by Crippen LogP contribution is 2.31.